The van der Waals surface area contributed by atoms with Crippen LogP contribution in [0.15, 0.2) is 36.5 Å². The number of aromatic nitrogens is 1. The Morgan fingerprint density at radius 1 is 1.33 bits per heavy atom. The van der Waals surface area contributed by atoms with Gasteiger partial charge in [0.1, 0.15) is 11.8 Å². The molecule has 90 valence electrons. The second-order valence-corrected chi connectivity index (χ2v) is 5.14. The fraction of sp³-hybridized carbons (Fsp3) is 0.143. The van der Waals surface area contributed by atoms with Gasteiger partial charge in [-0.3, -0.25) is 0 Å². The Morgan fingerprint density at radius 2 is 2.17 bits per heavy atom. The molecule has 0 aliphatic heterocycles. The predicted molar refractivity (Wildman–Crippen MR) is 80.2 cm³/mol. The average Bonchev–Trinajstić information content (AvgIpc) is 2.40. The van der Waals surface area contributed by atoms with E-state index < -0.39 is 0 Å². The molecule has 4 heteroatoms. The SMILES string of the molecule is Cc1ccc(NCc2ccnc(C#N)c2)cc1I. The van der Waals surface area contributed by atoms with E-state index in [0.29, 0.717) is 12.2 Å². The number of halogens is 1. The summed E-state index contributed by atoms with van der Waals surface area (Å²) in [6.45, 7) is 2.78. The molecule has 0 amide bonds. The zero-order valence-electron chi connectivity index (χ0n) is 9.94. The zero-order valence-corrected chi connectivity index (χ0v) is 12.1. The average molecular weight is 349 g/mol. The summed E-state index contributed by atoms with van der Waals surface area (Å²) in [5.41, 5.74) is 3.86. The maximum atomic E-state index is 8.78. The number of aryl methyl sites for hydroxylation is 1. The molecule has 0 saturated heterocycles. The van der Waals surface area contributed by atoms with Gasteiger partial charge >= 0.3 is 0 Å². The molecule has 0 unspecified atom stereocenters. The molecule has 0 radical (unpaired) electrons. The fourth-order valence-corrected chi connectivity index (χ4v) is 2.07. The van der Waals surface area contributed by atoms with Gasteiger partial charge in [0.15, 0.2) is 0 Å². The number of benzene rings is 1. The maximum absolute atomic E-state index is 8.78. The van der Waals surface area contributed by atoms with E-state index in [2.05, 4.69) is 58.0 Å². The van der Waals surface area contributed by atoms with Gasteiger partial charge in [0.2, 0.25) is 0 Å². The van der Waals surface area contributed by atoms with Crippen LogP contribution in [-0.4, -0.2) is 4.98 Å². The Kier molecular flexibility index (Phi) is 4.15. The van der Waals surface area contributed by atoms with E-state index in [-0.39, 0.29) is 0 Å². The van der Waals surface area contributed by atoms with Gasteiger partial charge in [-0.15, -0.1) is 0 Å². The van der Waals surface area contributed by atoms with Gasteiger partial charge in [-0.25, -0.2) is 4.98 Å². The molecule has 18 heavy (non-hydrogen) atoms. The van der Waals surface area contributed by atoms with Crippen LogP contribution < -0.4 is 5.32 Å². The molecular formula is C14H12IN3. The van der Waals surface area contributed by atoms with Crippen LogP contribution in [0, 0.1) is 21.8 Å². The highest BCUT2D eigenvalue weighted by Gasteiger charge is 1.99. The van der Waals surface area contributed by atoms with Crippen molar-refractivity contribution >= 4 is 28.3 Å². The molecule has 2 rings (SSSR count). The third-order valence-electron chi connectivity index (χ3n) is 2.61. The number of nitrogens with one attached hydrogen (secondary N) is 1. The minimum absolute atomic E-state index is 0.452. The molecule has 0 bridgehead atoms. The smallest absolute Gasteiger partial charge is 0.140 e. The van der Waals surface area contributed by atoms with E-state index in [1.165, 1.54) is 9.13 Å². The normalized spacial score (nSPS) is 9.83. The predicted octanol–water partition coefficient (Wildman–Crippen LogP) is 3.48. The fourth-order valence-electron chi connectivity index (χ4n) is 1.55. The Hall–Kier alpha value is -1.61. The highest BCUT2D eigenvalue weighted by atomic mass is 127. The van der Waals surface area contributed by atoms with E-state index in [4.69, 9.17) is 5.26 Å². The van der Waals surface area contributed by atoms with Crippen molar-refractivity contribution in [2.75, 3.05) is 5.32 Å². The lowest BCUT2D eigenvalue weighted by Gasteiger charge is -2.08. The molecule has 3 nitrogen and oxygen atoms in total. The van der Waals surface area contributed by atoms with Crippen LogP contribution in [-0.2, 0) is 6.54 Å². The molecule has 1 heterocycles. The van der Waals surface area contributed by atoms with Crippen molar-refractivity contribution in [3.8, 4) is 6.07 Å². The topological polar surface area (TPSA) is 48.7 Å². The van der Waals surface area contributed by atoms with Crippen LogP contribution in [0.25, 0.3) is 0 Å². The summed E-state index contributed by atoms with van der Waals surface area (Å²) in [7, 11) is 0. The first kappa shape index (κ1) is 12.8. The third kappa shape index (κ3) is 3.20. The number of nitriles is 1. The van der Waals surface area contributed by atoms with E-state index in [9.17, 15) is 0 Å². The van der Waals surface area contributed by atoms with Crippen molar-refractivity contribution in [2.24, 2.45) is 0 Å². The van der Waals surface area contributed by atoms with Crippen molar-refractivity contribution < 1.29 is 0 Å². The molecule has 0 fully saturated rings. The molecule has 0 atom stereocenters. The second-order valence-electron chi connectivity index (χ2n) is 3.98. The van der Waals surface area contributed by atoms with Gasteiger partial charge in [0.25, 0.3) is 0 Å². The highest BCUT2D eigenvalue weighted by Crippen LogP contribution is 2.17. The monoisotopic (exact) mass is 349 g/mol. The summed E-state index contributed by atoms with van der Waals surface area (Å²) in [6.07, 6.45) is 1.66. The summed E-state index contributed by atoms with van der Waals surface area (Å²) in [4.78, 5) is 3.95. The second kappa shape index (κ2) is 5.83. The van der Waals surface area contributed by atoms with Crippen LogP contribution in [0.4, 0.5) is 5.69 Å². The van der Waals surface area contributed by atoms with Gasteiger partial charge in [-0.05, 0) is 64.9 Å². The molecule has 0 saturated carbocycles. The minimum Gasteiger partial charge on any atom is -0.381 e. The lowest BCUT2D eigenvalue weighted by Crippen LogP contribution is -2.00. The molecule has 1 N–H and O–H groups in total. The Bertz CT molecular complexity index is 602. The molecule has 2 aromatic rings. The lowest BCUT2D eigenvalue weighted by molar-refractivity contribution is 1.11. The number of hydrogen-bond donors (Lipinski definition) is 1. The molecule has 1 aromatic carbocycles. The number of pyridine rings is 1. The van der Waals surface area contributed by atoms with E-state index in [1.807, 2.05) is 12.1 Å². The zero-order chi connectivity index (χ0) is 13.0. The van der Waals surface area contributed by atoms with Crippen molar-refractivity contribution in [3.63, 3.8) is 0 Å². The molecule has 0 spiro atoms. The van der Waals surface area contributed by atoms with Crippen LogP contribution in [0.1, 0.15) is 16.8 Å². The van der Waals surface area contributed by atoms with Gasteiger partial charge in [0, 0.05) is 22.0 Å². The van der Waals surface area contributed by atoms with E-state index >= 15 is 0 Å². The summed E-state index contributed by atoms with van der Waals surface area (Å²) in [5.74, 6) is 0. The van der Waals surface area contributed by atoms with Gasteiger partial charge in [-0.1, -0.05) is 6.07 Å². The standard InChI is InChI=1S/C14H12IN3/c1-10-2-3-12(7-14(10)15)18-9-11-4-5-17-13(6-11)8-16/h2-7,18H,9H2,1H3. The molecule has 1 aromatic heterocycles. The molecular weight excluding hydrogens is 337 g/mol. The quantitative estimate of drug-likeness (QED) is 0.864. The minimum atomic E-state index is 0.452. The summed E-state index contributed by atoms with van der Waals surface area (Å²) in [6, 6.07) is 12.0. The highest BCUT2D eigenvalue weighted by molar-refractivity contribution is 14.1. The molecule has 0 aliphatic rings. The third-order valence-corrected chi connectivity index (χ3v) is 3.77. The van der Waals surface area contributed by atoms with Gasteiger partial charge in [0.05, 0.1) is 0 Å². The van der Waals surface area contributed by atoms with Crippen molar-refractivity contribution in [3.05, 3.63) is 56.9 Å². The van der Waals surface area contributed by atoms with E-state index in [1.54, 1.807) is 12.3 Å². The van der Waals surface area contributed by atoms with E-state index in [0.717, 1.165) is 11.3 Å². The molecule has 0 aliphatic carbocycles. The first-order chi connectivity index (χ1) is 8.69. The van der Waals surface area contributed by atoms with Gasteiger partial charge in [-0.2, -0.15) is 5.26 Å². The maximum Gasteiger partial charge on any atom is 0.140 e. The Morgan fingerprint density at radius 3 is 2.89 bits per heavy atom. The summed E-state index contributed by atoms with van der Waals surface area (Å²) < 4.78 is 1.24. The number of rotatable bonds is 3. The Balaban J connectivity index is 2.07. The first-order valence-corrected chi connectivity index (χ1v) is 6.62. The number of nitrogens with zero attached hydrogens (tertiary/aromatic N) is 2. The lowest BCUT2D eigenvalue weighted by atomic mass is 10.2. The van der Waals surface area contributed by atoms with Crippen LogP contribution >= 0.6 is 22.6 Å². The van der Waals surface area contributed by atoms with Crippen molar-refractivity contribution in [2.45, 2.75) is 13.5 Å². The number of hydrogen-bond acceptors (Lipinski definition) is 3. The van der Waals surface area contributed by atoms with Crippen LogP contribution in [0.2, 0.25) is 0 Å². The largest absolute Gasteiger partial charge is 0.381 e. The van der Waals surface area contributed by atoms with Crippen molar-refractivity contribution in [1.29, 1.82) is 5.26 Å². The number of anilines is 1. The summed E-state index contributed by atoms with van der Waals surface area (Å²) >= 11 is 2.32. The Labute approximate surface area is 120 Å². The summed E-state index contributed by atoms with van der Waals surface area (Å²) in [5, 5.41) is 12.1. The van der Waals surface area contributed by atoms with Crippen LogP contribution in [0.3, 0.4) is 0 Å². The first-order valence-electron chi connectivity index (χ1n) is 5.54. The van der Waals surface area contributed by atoms with Crippen molar-refractivity contribution in [1.82, 2.24) is 4.98 Å². The van der Waals surface area contributed by atoms with Gasteiger partial charge < -0.3 is 5.32 Å². The van der Waals surface area contributed by atoms with Crippen LogP contribution in [0.5, 0.6) is 0 Å².